The first-order chi connectivity index (χ1) is 12.1. The zero-order valence-electron chi connectivity index (χ0n) is 13.8. The fraction of sp³-hybridized carbons (Fsp3) is 0.211. The van der Waals surface area contributed by atoms with Crippen molar-refractivity contribution in [2.24, 2.45) is 0 Å². The van der Waals surface area contributed by atoms with E-state index < -0.39 is 0 Å². The van der Waals surface area contributed by atoms with Crippen LogP contribution in [-0.2, 0) is 11.2 Å². The Morgan fingerprint density at radius 1 is 1.12 bits per heavy atom. The first-order valence-electron chi connectivity index (χ1n) is 7.99. The van der Waals surface area contributed by atoms with Gasteiger partial charge in [-0.15, -0.1) is 0 Å². The summed E-state index contributed by atoms with van der Waals surface area (Å²) in [6.45, 7) is 2.37. The van der Waals surface area contributed by atoms with Crippen molar-refractivity contribution in [3.8, 4) is 0 Å². The second-order valence-corrected chi connectivity index (χ2v) is 6.57. The number of carbonyl (C=O) groups is 1. The van der Waals surface area contributed by atoms with Crippen LogP contribution in [0.15, 0.2) is 53.6 Å². The van der Waals surface area contributed by atoms with Crippen molar-refractivity contribution in [3.63, 3.8) is 0 Å². The third-order valence-electron chi connectivity index (χ3n) is 3.67. The van der Waals surface area contributed by atoms with E-state index >= 15 is 0 Å². The zero-order valence-corrected chi connectivity index (χ0v) is 14.6. The summed E-state index contributed by atoms with van der Waals surface area (Å²) in [7, 11) is 0. The minimum absolute atomic E-state index is 0.0486. The second-order valence-electron chi connectivity index (χ2n) is 5.61. The number of halogens is 1. The van der Waals surface area contributed by atoms with Crippen LogP contribution in [0.5, 0.6) is 0 Å². The molecular weight excluding hydrogens is 337 g/mol. The average molecular weight is 355 g/mol. The molecule has 1 amide bonds. The van der Waals surface area contributed by atoms with Gasteiger partial charge in [0.1, 0.15) is 16.7 Å². The van der Waals surface area contributed by atoms with Crippen LogP contribution in [0.25, 0.3) is 10.9 Å². The standard InChI is InChI=1S/C19H18FN3OS/c1-13-22-17-5-3-2-4-16(17)19(23-13)25-12-18(24)21-11-10-14-6-8-15(20)9-7-14/h2-9H,10-12H2,1H3,(H,21,24). The number of aryl methyl sites for hydroxylation is 1. The van der Waals surface area contributed by atoms with Gasteiger partial charge in [-0.05, 0) is 37.1 Å². The Labute approximate surface area is 149 Å². The molecule has 1 heterocycles. The number of para-hydroxylation sites is 1. The summed E-state index contributed by atoms with van der Waals surface area (Å²) in [5.74, 6) is 0.686. The number of hydrogen-bond acceptors (Lipinski definition) is 4. The highest BCUT2D eigenvalue weighted by Gasteiger charge is 2.09. The molecule has 2 aromatic carbocycles. The molecule has 3 rings (SSSR count). The minimum atomic E-state index is -0.253. The number of carbonyl (C=O) groups excluding carboxylic acids is 1. The maximum atomic E-state index is 12.9. The van der Waals surface area contributed by atoms with Crippen molar-refractivity contribution in [3.05, 3.63) is 65.7 Å². The number of hydrogen-bond donors (Lipinski definition) is 1. The largest absolute Gasteiger partial charge is 0.355 e. The number of benzene rings is 2. The van der Waals surface area contributed by atoms with Gasteiger partial charge in [0.05, 0.1) is 11.3 Å². The van der Waals surface area contributed by atoms with Crippen LogP contribution < -0.4 is 5.32 Å². The fourth-order valence-electron chi connectivity index (χ4n) is 2.45. The lowest BCUT2D eigenvalue weighted by atomic mass is 10.1. The van der Waals surface area contributed by atoms with E-state index in [2.05, 4.69) is 15.3 Å². The summed E-state index contributed by atoms with van der Waals surface area (Å²) in [6, 6.07) is 14.1. The number of nitrogens with one attached hydrogen (secondary N) is 1. The zero-order chi connectivity index (χ0) is 17.6. The van der Waals surface area contributed by atoms with E-state index in [9.17, 15) is 9.18 Å². The number of amides is 1. The number of nitrogens with zero attached hydrogens (tertiary/aromatic N) is 2. The van der Waals surface area contributed by atoms with Gasteiger partial charge in [-0.3, -0.25) is 4.79 Å². The van der Waals surface area contributed by atoms with Gasteiger partial charge in [-0.1, -0.05) is 42.1 Å². The van der Waals surface area contributed by atoms with E-state index in [1.54, 1.807) is 12.1 Å². The summed E-state index contributed by atoms with van der Waals surface area (Å²) >= 11 is 1.41. The molecule has 0 saturated carbocycles. The van der Waals surface area contributed by atoms with Crippen LogP contribution in [0.4, 0.5) is 4.39 Å². The summed E-state index contributed by atoms with van der Waals surface area (Å²) < 4.78 is 12.9. The lowest BCUT2D eigenvalue weighted by Crippen LogP contribution is -2.27. The van der Waals surface area contributed by atoms with Crippen LogP contribution in [0.1, 0.15) is 11.4 Å². The molecule has 0 unspecified atom stereocenters. The molecule has 0 bridgehead atoms. The van der Waals surface area contributed by atoms with Crippen molar-refractivity contribution in [1.29, 1.82) is 0 Å². The maximum Gasteiger partial charge on any atom is 0.230 e. The average Bonchev–Trinajstić information content (AvgIpc) is 2.61. The lowest BCUT2D eigenvalue weighted by molar-refractivity contribution is -0.118. The number of fused-ring (bicyclic) bond motifs is 1. The van der Waals surface area contributed by atoms with Gasteiger partial charge in [0.15, 0.2) is 0 Å². The van der Waals surface area contributed by atoms with Gasteiger partial charge in [-0.25, -0.2) is 14.4 Å². The third-order valence-corrected chi connectivity index (χ3v) is 4.66. The van der Waals surface area contributed by atoms with E-state index in [1.165, 1.54) is 23.9 Å². The van der Waals surface area contributed by atoms with Gasteiger partial charge in [0.2, 0.25) is 5.91 Å². The Balaban J connectivity index is 1.53. The van der Waals surface area contributed by atoms with Gasteiger partial charge in [0.25, 0.3) is 0 Å². The Bertz CT molecular complexity index is 883. The third kappa shape index (κ3) is 4.76. The molecule has 0 aliphatic heterocycles. The van der Waals surface area contributed by atoms with Crippen LogP contribution in [-0.4, -0.2) is 28.2 Å². The van der Waals surface area contributed by atoms with Gasteiger partial charge in [-0.2, -0.15) is 0 Å². The molecule has 0 fully saturated rings. The summed E-state index contributed by atoms with van der Waals surface area (Å²) in [6.07, 6.45) is 0.673. The lowest BCUT2D eigenvalue weighted by Gasteiger charge is -2.07. The van der Waals surface area contributed by atoms with Crippen molar-refractivity contribution in [1.82, 2.24) is 15.3 Å². The predicted octanol–water partition coefficient (Wildman–Crippen LogP) is 3.53. The van der Waals surface area contributed by atoms with E-state index in [1.807, 2.05) is 31.2 Å². The van der Waals surface area contributed by atoms with E-state index in [0.717, 1.165) is 21.5 Å². The molecule has 3 aromatic rings. The Kier molecular flexibility index (Phi) is 5.60. The first-order valence-corrected chi connectivity index (χ1v) is 8.98. The van der Waals surface area contributed by atoms with E-state index in [-0.39, 0.29) is 11.7 Å². The van der Waals surface area contributed by atoms with Crippen molar-refractivity contribution < 1.29 is 9.18 Å². The molecule has 25 heavy (non-hydrogen) atoms. The molecule has 0 aliphatic rings. The molecule has 4 nitrogen and oxygen atoms in total. The molecule has 128 valence electrons. The van der Waals surface area contributed by atoms with Crippen molar-refractivity contribution in [2.45, 2.75) is 18.4 Å². The number of rotatable bonds is 6. The van der Waals surface area contributed by atoms with Crippen LogP contribution in [0, 0.1) is 12.7 Å². The quantitative estimate of drug-likeness (QED) is 0.543. The van der Waals surface area contributed by atoms with Gasteiger partial charge < -0.3 is 5.32 Å². The molecule has 0 saturated heterocycles. The molecule has 0 spiro atoms. The van der Waals surface area contributed by atoms with Gasteiger partial charge in [0, 0.05) is 11.9 Å². The Morgan fingerprint density at radius 2 is 1.88 bits per heavy atom. The maximum absolute atomic E-state index is 12.9. The van der Waals surface area contributed by atoms with Crippen LogP contribution in [0.3, 0.4) is 0 Å². The Morgan fingerprint density at radius 3 is 2.68 bits per heavy atom. The molecule has 0 atom stereocenters. The topological polar surface area (TPSA) is 54.9 Å². The Hall–Kier alpha value is -2.47. The molecule has 6 heteroatoms. The molecule has 0 aliphatic carbocycles. The predicted molar refractivity (Wildman–Crippen MR) is 98.1 cm³/mol. The highest BCUT2D eigenvalue weighted by atomic mass is 32.2. The number of aromatic nitrogens is 2. The smallest absolute Gasteiger partial charge is 0.230 e. The minimum Gasteiger partial charge on any atom is -0.355 e. The molecule has 1 aromatic heterocycles. The highest BCUT2D eigenvalue weighted by Crippen LogP contribution is 2.24. The number of thioether (sulfide) groups is 1. The summed E-state index contributed by atoms with van der Waals surface area (Å²) in [5, 5.41) is 4.65. The van der Waals surface area contributed by atoms with Crippen LogP contribution >= 0.6 is 11.8 Å². The molecular formula is C19H18FN3OS. The fourth-order valence-corrected chi connectivity index (χ4v) is 3.35. The van der Waals surface area contributed by atoms with Crippen LogP contribution in [0.2, 0.25) is 0 Å². The first kappa shape index (κ1) is 17.4. The highest BCUT2D eigenvalue weighted by molar-refractivity contribution is 8.00. The van der Waals surface area contributed by atoms with Crippen molar-refractivity contribution >= 4 is 28.6 Å². The monoisotopic (exact) mass is 355 g/mol. The van der Waals surface area contributed by atoms with E-state index in [4.69, 9.17) is 0 Å². The SMILES string of the molecule is Cc1nc(SCC(=O)NCCc2ccc(F)cc2)c2ccccc2n1. The summed E-state index contributed by atoms with van der Waals surface area (Å²) in [5.41, 5.74) is 1.88. The molecule has 1 N–H and O–H groups in total. The molecule has 0 radical (unpaired) electrons. The van der Waals surface area contributed by atoms with Crippen molar-refractivity contribution in [2.75, 3.05) is 12.3 Å². The van der Waals surface area contributed by atoms with E-state index in [0.29, 0.717) is 24.5 Å². The second kappa shape index (κ2) is 8.07. The normalized spacial score (nSPS) is 10.8. The van der Waals surface area contributed by atoms with Gasteiger partial charge >= 0.3 is 0 Å². The summed E-state index contributed by atoms with van der Waals surface area (Å²) in [4.78, 5) is 20.9.